The number of hydrogen-bond acceptors (Lipinski definition) is 31. The molecule has 0 radical (unpaired) electrons. The molecule has 6 heterocycles. The highest BCUT2D eigenvalue weighted by Gasteiger charge is 2.28. The summed E-state index contributed by atoms with van der Waals surface area (Å²) in [5, 5.41) is 15.1. The van der Waals surface area contributed by atoms with Crippen molar-refractivity contribution in [3.8, 4) is 0 Å². The highest BCUT2D eigenvalue weighted by molar-refractivity contribution is 5.89. The van der Waals surface area contributed by atoms with Gasteiger partial charge in [0.05, 0.1) is 45.3 Å². The zero-order valence-electron chi connectivity index (χ0n) is 65.4. The molecule has 0 aliphatic heterocycles. The number of amides is 13. The molecule has 52 nitrogen and oxygen atoms in total. The maximum Gasteiger partial charge on any atom is 0.349 e. The third-order valence-corrected chi connectivity index (χ3v) is 17.4. The number of carbonyl (C=O) groups is 13. The van der Waals surface area contributed by atoms with Crippen LogP contribution in [0.2, 0.25) is 0 Å². The number of nitrogen functional groups attached to an aromatic ring is 4. The minimum atomic E-state index is -1.00. The predicted octanol–water partition coefficient (Wildman–Crippen LogP) is -14.3. The van der Waals surface area contributed by atoms with Gasteiger partial charge in [0.1, 0.15) is 62.5 Å². The Balaban J connectivity index is 1.14. The number of rotatable bonds is 47. The molecule has 0 saturated heterocycles. The Kier molecular flexibility index (Phi) is 36.0. The Morgan fingerprint density at radius 2 is 0.617 bits per heavy atom. The van der Waals surface area contributed by atoms with Gasteiger partial charge in [0.15, 0.2) is 0 Å². The van der Waals surface area contributed by atoms with Crippen LogP contribution < -0.4 is 117 Å². The predicted molar refractivity (Wildman–Crippen MR) is 421 cm³/mol. The van der Waals surface area contributed by atoms with Crippen molar-refractivity contribution in [2.45, 2.75) is 78.4 Å². The monoisotopic (exact) mass is 1680 g/mol. The van der Waals surface area contributed by atoms with Crippen molar-refractivity contribution in [2.75, 3.05) is 147 Å². The molecule has 0 spiro atoms. The van der Waals surface area contributed by atoms with Crippen LogP contribution in [0.4, 0.5) is 23.3 Å². The molecule has 1 atom stereocenters. The summed E-state index contributed by atoms with van der Waals surface area (Å²) in [7, 11) is 0. The quantitative estimate of drug-likeness (QED) is 0.0158. The van der Waals surface area contributed by atoms with E-state index >= 15 is 0 Å². The molecule has 0 aliphatic carbocycles. The van der Waals surface area contributed by atoms with Crippen molar-refractivity contribution < 1.29 is 62.3 Å². The van der Waals surface area contributed by atoms with E-state index in [9.17, 15) is 101 Å². The summed E-state index contributed by atoms with van der Waals surface area (Å²) >= 11 is 0. The number of anilines is 4. The van der Waals surface area contributed by atoms with Crippen LogP contribution in [0.3, 0.4) is 0 Å². The second-order valence-corrected chi connectivity index (χ2v) is 26.7. The van der Waals surface area contributed by atoms with E-state index in [4.69, 9.17) is 40.1 Å². The van der Waals surface area contributed by atoms with E-state index in [1.807, 2.05) is 4.98 Å². The van der Waals surface area contributed by atoms with Gasteiger partial charge in [0.2, 0.25) is 76.8 Å². The minimum absolute atomic E-state index is 0.0262. The number of H-pyrrole nitrogens is 2. The SMILES string of the molecule is Cc1cn(CC(=O)N(CCNC(=O)CN(CCNC(=O)CN(CCNC(=O)CN(CCNC(=O)CN(CCNC(=O)[C@@H](N)CCCCN)C(=O)Cn2ccc(N)nc2=O)C(=O)Cn2cc(C)c(=O)[nH]c2=O)C(=O)Cn2ccc(N)nc2=O)C(=O)Cn2ccc(N)nc2=O)CC(=O)NCCN(CC(N)=O)C(=O)Cn2ccc(N)nc2=O)c(=O)[nH]c1=O. The molecule has 52 heteroatoms. The highest BCUT2D eigenvalue weighted by atomic mass is 16.2. The molecule has 22 N–H and O–H groups in total. The summed E-state index contributed by atoms with van der Waals surface area (Å²) in [5.41, 5.74) is 32.2. The summed E-state index contributed by atoms with van der Waals surface area (Å²) in [6, 6.07) is 3.98. The number of nitrogens with one attached hydrogen (secondary N) is 8. The first-order valence-electron chi connectivity index (χ1n) is 36.8. The van der Waals surface area contributed by atoms with E-state index in [1.54, 1.807) is 0 Å². The summed E-state index contributed by atoms with van der Waals surface area (Å²) in [5.74, 6) is -12.0. The molecule has 0 saturated carbocycles. The van der Waals surface area contributed by atoms with Crippen molar-refractivity contribution in [2.24, 2.45) is 17.2 Å². The molecule has 0 fully saturated rings. The second-order valence-electron chi connectivity index (χ2n) is 26.7. The molecule has 6 rings (SSSR count). The first-order chi connectivity index (χ1) is 56.9. The van der Waals surface area contributed by atoms with Crippen LogP contribution in [-0.4, -0.2) is 294 Å². The maximum atomic E-state index is 14.1. The first kappa shape index (κ1) is 94.0. The zero-order valence-corrected chi connectivity index (χ0v) is 65.4. The molecule has 0 bridgehead atoms. The van der Waals surface area contributed by atoms with Crippen LogP contribution in [-0.2, 0) is 102 Å². The van der Waals surface area contributed by atoms with Gasteiger partial charge in [-0.1, -0.05) is 6.42 Å². The molecule has 6 aromatic rings. The van der Waals surface area contributed by atoms with E-state index in [0.717, 1.165) is 81.6 Å². The van der Waals surface area contributed by atoms with Crippen LogP contribution in [0.15, 0.2) is 99.8 Å². The van der Waals surface area contributed by atoms with Crippen LogP contribution in [0, 0.1) is 13.8 Å². The Morgan fingerprint density at radius 1 is 0.375 bits per heavy atom. The zero-order chi connectivity index (χ0) is 88.4. The topological polar surface area (TPSA) is 745 Å². The largest absolute Gasteiger partial charge is 0.383 e. The summed E-state index contributed by atoms with van der Waals surface area (Å²) in [6.07, 6.45) is 8.31. The van der Waals surface area contributed by atoms with Gasteiger partial charge in [-0.15, -0.1) is 0 Å². The Labute approximate surface area is 677 Å². The molecular formula is C68H95N31O21. The lowest BCUT2D eigenvalue weighted by Gasteiger charge is -2.26. The standard InChI is InChI=1S/C68H95N31O21/c1-41-27-98(67(119)86-60(41)112)39-58(110)91(32-51(103)76-11-21-88(29-48(75)100)54(106)35-94-17-6-44(71)82-63(94)115)24-14-79-50(102)31-89(55(107)36-95-18-7-45(72)83-64(95)116)22-12-77-49(101)30-90(56(108)37-96-19-8-46(73)84-65(96)117)23-13-78-52(104)33-92(59(111)40-99-28-42(2)61(113)87-68(99)120)25-15-80-53(105)34-93(26-16-81-62(114)43(70)5-3-4-10-69)57(109)38-97-20-9-47(74)85-66(97)118/h6-9,17-20,27-28,43H,3-5,10-16,21-26,29-40,69-70H2,1-2H3,(H2,75,100)(H,76,103)(H,77,101)(H,78,104)(H,79,102)(H,80,105)(H,81,114)(H2,71,82,115)(H2,72,83,116)(H2,73,84,117)(H2,74,85,118)(H,86,112,119)(H,87,113,120)/t43-/m0/s1. The number of aromatic nitrogens is 12. The Morgan fingerprint density at radius 3 is 0.858 bits per heavy atom. The van der Waals surface area contributed by atoms with Gasteiger partial charge in [-0.05, 0) is 57.5 Å². The van der Waals surface area contributed by atoms with Crippen molar-refractivity contribution in [1.29, 1.82) is 0 Å². The van der Waals surface area contributed by atoms with Crippen LogP contribution >= 0.6 is 0 Å². The summed E-state index contributed by atoms with van der Waals surface area (Å²) < 4.78 is 5.20. The molecule has 648 valence electrons. The van der Waals surface area contributed by atoms with Crippen LogP contribution in [0.1, 0.15) is 30.4 Å². The van der Waals surface area contributed by atoms with Gasteiger partial charge < -0.3 is 101 Å². The maximum absolute atomic E-state index is 14.1. The molecule has 120 heavy (non-hydrogen) atoms. The number of nitrogens with zero attached hydrogens (tertiary/aromatic N) is 16. The third kappa shape index (κ3) is 31.0. The Bertz CT molecular complexity index is 5260. The summed E-state index contributed by atoms with van der Waals surface area (Å²) in [6.45, 7) is -10.9. The van der Waals surface area contributed by atoms with Crippen molar-refractivity contribution in [3.63, 3.8) is 0 Å². The van der Waals surface area contributed by atoms with Gasteiger partial charge in [0, 0.05) is 127 Å². The lowest BCUT2D eigenvalue weighted by molar-refractivity contribution is -0.138. The average Bonchev–Trinajstić information content (AvgIpc) is 0.843. The number of primary amides is 1. The molecule has 0 unspecified atom stereocenters. The lowest BCUT2D eigenvalue weighted by atomic mass is 10.1. The normalized spacial score (nSPS) is 11.1. The number of aryl methyl sites for hydroxylation is 2. The molecule has 13 amide bonds. The molecule has 6 aromatic heterocycles. The minimum Gasteiger partial charge on any atom is -0.383 e. The van der Waals surface area contributed by atoms with Gasteiger partial charge in [-0.25, -0.2) is 28.8 Å². The summed E-state index contributed by atoms with van der Waals surface area (Å²) in [4.78, 5) is 301. The van der Waals surface area contributed by atoms with E-state index in [2.05, 4.69) is 56.8 Å². The third-order valence-electron chi connectivity index (χ3n) is 17.4. The molecule has 0 aliphatic rings. The smallest absolute Gasteiger partial charge is 0.349 e. The highest BCUT2D eigenvalue weighted by Crippen LogP contribution is 2.05. The fourth-order valence-corrected chi connectivity index (χ4v) is 11.0. The van der Waals surface area contributed by atoms with Crippen LogP contribution in [0.25, 0.3) is 0 Å². The Hall–Kier alpha value is -14.9. The number of unbranched alkanes of at least 4 members (excludes halogenated alkanes) is 1. The average molecular weight is 1680 g/mol. The fraction of sp³-hybridized carbons (Fsp3) is 0.456. The van der Waals surface area contributed by atoms with Crippen molar-refractivity contribution in [1.82, 2.24) is 119 Å². The van der Waals surface area contributed by atoms with Crippen molar-refractivity contribution in [3.05, 3.63) is 156 Å². The molecular weight excluding hydrogens is 1590 g/mol. The first-order valence-corrected chi connectivity index (χ1v) is 36.8. The fourth-order valence-electron chi connectivity index (χ4n) is 11.0. The molecule has 0 aromatic carbocycles. The van der Waals surface area contributed by atoms with Crippen LogP contribution in [0.5, 0.6) is 0 Å². The van der Waals surface area contributed by atoms with E-state index in [1.165, 1.54) is 50.5 Å². The van der Waals surface area contributed by atoms with Crippen molar-refractivity contribution >= 4 is 100 Å². The number of hydrogen-bond donors (Lipinski definition) is 15. The van der Waals surface area contributed by atoms with E-state index < -0.39 is 259 Å². The van der Waals surface area contributed by atoms with Gasteiger partial charge in [0.25, 0.3) is 11.1 Å². The van der Waals surface area contributed by atoms with Gasteiger partial charge in [-0.2, -0.15) is 19.9 Å². The number of aromatic amines is 2. The number of carbonyl (C=O) groups excluding carboxylic acids is 13. The van der Waals surface area contributed by atoms with Gasteiger partial charge >= 0.3 is 34.1 Å². The second kappa shape index (κ2) is 46.0. The van der Waals surface area contributed by atoms with E-state index in [0.29, 0.717) is 25.8 Å². The lowest BCUT2D eigenvalue weighted by Crippen LogP contribution is -2.50. The number of nitrogens with two attached hydrogens (primary N) is 7. The van der Waals surface area contributed by atoms with Gasteiger partial charge in [-0.3, -0.25) is 109 Å². The van der Waals surface area contributed by atoms with E-state index in [-0.39, 0.29) is 60.6 Å².